The number of hydrogen-bond acceptors (Lipinski definition) is 8. The van der Waals surface area contributed by atoms with Gasteiger partial charge in [-0.3, -0.25) is 14.9 Å². The summed E-state index contributed by atoms with van der Waals surface area (Å²) in [6.45, 7) is -0.459. The maximum atomic E-state index is 12.0. The van der Waals surface area contributed by atoms with Crippen molar-refractivity contribution in [2.24, 2.45) is 0 Å². The minimum absolute atomic E-state index is 0.0345. The van der Waals surface area contributed by atoms with Crippen molar-refractivity contribution in [3.05, 3.63) is 58.2 Å². The monoisotopic (exact) mass is 400 g/mol. The van der Waals surface area contributed by atoms with Crippen LogP contribution in [0.5, 0.6) is 17.2 Å². The van der Waals surface area contributed by atoms with E-state index in [1.807, 2.05) is 0 Å². The zero-order valence-corrected chi connectivity index (χ0v) is 15.2. The molecule has 0 radical (unpaired) electrons. The smallest absolute Gasteiger partial charge is 0.331 e. The summed E-state index contributed by atoms with van der Waals surface area (Å²) in [4.78, 5) is 34.2. The molecule has 0 atom stereocenters. The Morgan fingerprint density at radius 2 is 2.00 bits per heavy atom. The number of nitro benzene ring substituents is 1. The van der Waals surface area contributed by atoms with Gasteiger partial charge in [0.25, 0.3) is 11.6 Å². The van der Waals surface area contributed by atoms with Crippen LogP contribution in [0.15, 0.2) is 42.5 Å². The third-order valence-electron chi connectivity index (χ3n) is 3.83. The average molecular weight is 400 g/mol. The summed E-state index contributed by atoms with van der Waals surface area (Å²) in [6.07, 6.45) is 2.65. The lowest BCUT2D eigenvalue weighted by Gasteiger charge is -2.07. The van der Waals surface area contributed by atoms with Crippen LogP contribution in [-0.4, -0.2) is 37.3 Å². The van der Waals surface area contributed by atoms with Gasteiger partial charge in [-0.1, -0.05) is 6.07 Å². The number of amides is 1. The van der Waals surface area contributed by atoms with Gasteiger partial charge in [-0.25, -0.2) is 4.79 Å². The number of carbonyl (C=O) groups excluding carboxylic acids is 2. The van der Waals surface area contributed by atoms with E-state index < -0.39 is 23.4 Å². The molecule has 10 heteroatoms. The Hall–Kier alpha value is -4.08. The first-order valence-corrected chi connectivity index (χ1v) is 8.33. The van der Waals surface area contributed by atoms with Crippen LogP contribution in [0.4, 0.5) is 11.4 Å². The lowest BCUT2D eigenvalue weighted by Crippen LogP contribution is -2.20. The molecule has 1 N–H and O–H groups in total. The Labute approximate surface area is 164 Å². The van der Waals surface area contributed by atoms with Crippen LogP contribution in [0, 0.1) is 10.1 Å². The zero-order chi connectivity index (χ0) is 20.8. The predicted molar refractivity (Wildman–Crippen MR) is 101 cm³/mol. The molecule has 1 aliphatic rings. The number of ether oxygens (including phenoxy) is 4. The van der Waals surface area contributed by atoms with E-state index in [2.05, 4.69) is 5.32 Å². The summed E-state index contributed by atoms with van der Waals surface area (Å²) in [7, 11) is 1.37. The van der Waals surface area contributed by atoms with Crippen molar-refractivity contribution in [2.45, 2.75) is 0 Å². The van der Waals surface area contributed by atoms with Crippen LogP contribution >= 0.6 is 0 Å². The molecule has 1 aliphatic heterocycles. The summed E-state index contributed by atoms with van der Waals surface area (Å²) < 4.78 is 20.2. The highest BCUT2D eigenvalue weighted by molar-refractivity contribution is 5.96. The van der Waals surface area contributed by atoms with Crippen molar-refractivity contribution in [1.29, 1.82) is 0 Å². The number of rotatable bonds is 7. The van der Waals surface area contributed by atoms with E-state index >= 15 is 0 Å². The Balaban J connectivity index is 1.54. The lowest BCUT2D eigenvalue weighted by molar-refractivity contribution is -0.384. The lowest BCUT2D eigenvalue weighted by atomic mass is 10.2. The molecule has 0 saturated heterocycles. The average Bonchev–Trinajstić information content (AvgIpc) is 3.18. The number of nitro groups is 1. The zero-order valence-electron chi connectivity index (χ0n) is 15.2. The van der Waals surface area contributed by atoms with E-state index in [9.17, 15) is 19.7 Å². The van der Waals surface area contributed by atoms with E-state index in [0.29, 0.717) is 17.1 Å². The fraction of sp³-hybridized carbons (Fsp3) is 0.158. The molecule has 0 fully saturated rings. The summed E-state index contributed by atoms with van der Waals surface area (Å²) in [5.74, 6) is -0.00470. The fourth-order valence-electron chi connectivity index (χ4n) is 2.45. The molecular weight excluding hydrogens is 384 g/mol. The first-order chi connectivity index (χ1) is 14.0. The third-order valence-corrected chi connectivity index (χ3v) is 3.83. The molecule has 3 rings (SSSR count). The molecule has 0 aromatic heterocycles. The van der Waals surface area contributed by atoms with Crippen molar-refractivity contribution in [1.82, 2.24) is 0 Å². The third kappa shape index (κ3) is 5.01. The van der Waals surface area contributed by atoms with E-state index in [-0.39, 0.29) is 23.9 Å². The van der Waals surface area contributed by atoms with Gasteiger partial charge in [0.05, 0.1) is 18.1 Å². The van der Waals surface area contributed by atoms with Crippen molar-refractivity contribution in [2.75, 3.05) is 25.8 Å². The largest absolute Gasteiger partial charge is 0.496 e. The van der Waals surface area contributed by atoms with Gasteiger partial charge in [-0.05, 0) is 35.9 Å². The van der Waals surface area contributed by atoms with Gasteiger partial charge in [0.1, 0.15) is 11.4 Å². The Morgan fingerprint density at radius 3 is 2.76 bits per heavy atom. The molecule has 0 saturated carbocycles. The molecule has 0 bridgehead atoms. The predicted octanol–water partition coefficient (Wildman–Crippen LogP) is 2.53. The number of nitrogens with zero attached hydrogens (tertiary/aromatic N) is 1. The van der Waals surface area contributed by atoms with Gasteiger partial charge < -0.3 is 24.3 Å². The maximum absolute atomic E-state index is 12.0. The Kier molecular flexibility index (Phi) is 5.93. The van der Waals surface area contributed by atoms with Crippen molar-refractivity contribution < 1.29 is 33.5 Å². The quantitative estimate of drug-likeness (QED) is 0.325. The SMILES string of the molecule is COc1ccc(NC(=O)COC(=O)C=Cc2ccc3c(c2)OCO3)c([N+](=O)[O-])c1. The van der Waals surface area contributed by atoms with Crippen molar-refractivity contribution >= 4 is 29.3 Å². The van der Waals surface area contributed by atoms with E-state index in [0.717, 1.165) is 6.08 Å². The normalized spacial score (nSPS) is 11.9. The molecule has 1 heterocycles. The number of fused-ring (bicyclic) bond motifs is 1. The second-order valence-electron chi connectivity index (χ2n) is 5.74. The number of benzene rings is 2. The van der Waals surface area contributed by atoms with Crippen LogP contribution in [0.1, 0.15) is 5.56 Å². The van der Waals surface area contributed by atoms with E-state index in [4.69, 9.17) is 18.9 Å². The summed E-state index contributed by atoms with van der Waals surface area (Å²) >= 11 is 0. The highest BCUT2D eigenvalue weighted by Crippen LogP contribution is 2.32. The Morgan fingerprint density at radius 1 is 1.21 bits per heavy atom. The molecule has 2 aromatic carbocycles. The molecule has 29 heavy (non-hydrogen) atoms. The molecule has 10 nitrogen and oxygen atoms in total. The van der Waals surface area contributed by atoms with Gasteiger partial charge in [0.2, 0.25) is 6.79 Å². The number of carbonyl (C=O) groups is 2. The Bertz CT molecular complexity index is 986. The van der Waals surface area contributed by atoms with Crippen LogP contribution in [0.25, 0.3) is 6.08 Å². The molecule has 0 spiro atoms. The van der Waals surface area contributed by atoms with Crippen LogP contribution in [0.2, 0.25) is 0 Å². The molecule has 150 valence electrons. The topological polar surface area (TPSA) is 126 Å². The number of hydrogen-bond donors (Lipinski definition) is 1. The minimum atomic E-state index is -0.748. The highest BCUT2D eigenvalue weighted by Gasteiger charge is 2.18. The van der Waals surface area contributed by atoms with Crippen LogP contribution < -0.4 is 19.5 Å². The first kappa shape index (κ1) is 19.7. The molecule has 2 aromatic rings. The first-order valence-electron chi connectivity index (χ1n) is 8.33. The van der Waals surface area contributed by atoms with Gasteiger partial charge in [-0.15, -0.1) is 0 Å². The van der Waals surface area contributed by atoms with Crippen molar-refractivity contribution in [3.8, 4) is 17.2 Å². The van der Waals surface area contributed by atoms with Gasteiger partial charge >= 0.3 is 5.97 Å². The van der Waals surface area contributed by atoms with Crippen LogP contribution in [0.3, 0.4) is 0 Å². The molecule has 1 amide bonds. The van der Waals surface area contributed by atoms with Gasteiger partial charge in [0, 0.05) is 6.08 Å². The number of nitrogens with one attached hydrogen (secondary N) is 1. The molecular formula is C19H16N2O8. The minimum Gasteiger partial charge on any atom is -0.496 e. The summed E-state index contributed by atoms with van der Waals surface area (Å²) in [5.41, 5.74) is 0.309. The second-order valence-corrected chi connectivity index (χ2v) is 5.74. The van der Waals surface area contributed by atoms with Crippen LogP contribution in [-0.2, 0) is 14.3 Å². The maximum Gasteiger partial charge on any atom is 0.331 e. The van der Waals surface area contributed by atoms with Gasteiger partial charge in [-0.2, -0.15) is 0 Å². The molecule has 0 aliphatic carbocycles. The second kappa shape index (κ2) is 8.74. The number of methoxy groups -OCH3 is 1. The number of esters is 1. The number of anilines is 1. The standard InChI is InChI=1S/C19H16N2O8/c1-26-13-4-5-14(15(9-13)21(24)25)20-18(22)10-27-19(23)7-3-12-2-6-16-17(8-12)29-11-28-16/h2-9H,10-11H2,1H3,(H,20,22). The van der Waals surface area contributed by atoms with Gasteiger partial charge in [0.15, 0.2) is 18.1 Å². The fourth-order valence-corrected chi connectivity index (χ4v) is 2.45. The van der Waals surface area contributed by atoms with Crippen molar-refractivity contribution in [3.63, 3.8) is 0 Å². The summed E-state index contributed by atoms with van der Waals surface area (Å²) in [6, 6.07) is 9.10. The van der Waals surface area contributed by atoms with E-state index in [1.165, 1.54) is 31.4 Å². The van der Waals surface area contributed by atoms with E-state index in [1.54, 1.807) is 18.2 Å². The highest BCUT2D eigenvalue weighted by atomic mass is 16.7. The molecule has 0 unspecified atom stereocenters. The summed E-state index contributed by atoms with van der Waals surface area (Å²) in [5, 5.41) is 13.4.